The number of sulfonamides is 1. The predicted molar refractivity (Wildman–Crippen MR) is 110 cm³/mol. The van der Waals surface area contributed by atoms with Gasteiger partial charge in [0.15, 0.2) is 0 Å². The summed E-state index contributed by atoms with van der Waals surface area (Å²) < 4.78 is 80.2. The van der Waals surface area contributed by atoms with Crippen molar-refractivity contribution in [3.63, 3.8) is 0 Å². The van der Waals surface area contributed by atoms with Gasteiger partial charge in [0.1, 0.15) is 0 Å². The molecule has 0 aromatic carbocycles. The monoisotopic (exact) mass is 471 g/mol. The van der Waals surface area contributed by atoms with Crippen LogP contribution in [0.1, 0.15) is 37.5 Å². The van der Waals surface area contributed by atoms with E-state index in [0.717, 1.165) is 6.08 Å². The first-order valence-corrected chi connectivity index (χ1v) is 11.8. The van der Waals surface area contributed by atoms with Gasteiger partial charge >= 0.3 is 6.18 Å². The Morgan fingerprint density at radius 3 is 2.62 bits per heavy atom. The summed E-state index contributed by atoms with van der Waals surface area (Å²) in [4.78, 5) is -0.408. The van der Waals surface area contributed by atoms with Crippen molar-refractivity contribution in [1.82, 2.24) is 14.5 Å². The number of aromatic nitrogens is 2. The van der Waals surface area contributed by atoms with Crippen molar-refractivity contribution >= 4 is 10.0 Å². The van der Waals surface area contributed by atoms with Gasteiger partial charge in [0.25, 0.3) is 0 Å². The molecule has 1 aliphatic heterocycles. The van der Waals surface area contributed by atoms with Crippen LogP contribution in [0.15, 0.2) is 51.4 Å². The Bertz CT molecular complexity index is 1090. The molecule has 2 heterocycles. The zero-order valence-corrected chi connectivity index (χ0v) is 18.4. The number of rotatable bonds is 3. The molecule has 1 saturated carbocycles. The molecule has 0 radical (unpaired) electrons. The maximum absolute atomic E-state index is 13.6. The van der Waals surface area contributed by atoms with Crippen molar-refractivity contribution in [3.05, 3.63) is 58.7 Å². The molecule has 0 bridgehead atoms. The largest absolute Gasteiger partial charge is 0.425 e. The lowest BCUT2D eigenvalue weighted by Gasteiger charge is -2.48. The molecule has 32 heavy (non-hydrogen) atoms. The minimum Gasteiger partial charge on any atom is -0.425 e. The third-order valence-corrected chi connectivity index (χ3v) is 8.03. The van der Waals surface area contributed by atoms with Crippen LogP contribution < -0.4 is 0 Å². The standard InChI is InChI=1S/C21H24F3N3O4S/c1-13-17(20-26-25-14(2)31-20)8-9-18-19(13)27(10-11-30-18)32(28,29)16-7-5-3-4-6-15(12-16)21(22,23)24/h3-7,12-13,17-19H,8-11H2,1-2H3/b4-3?,5-3-,6-4-,7-5?,15-6?,15-12?,16-7?,16-12?/t13?,17?,18?,19-/m1/s1. The van der Waals surface area contributed by atoms with Crippen molar-refractivity contribution in [1.29, 1.82) is 0 Å². The Hall–Kier alpha value is -2.24. The summed E-state index contributed by atoms with van der Waals surface area (Å²) >= 11 is 0. The number of halogens is 3. The maximum atomic E-state index is 13.6. The van der Waals surface area contributed by atoms with Crippen molar-refractivity contribution in [3.8, 4) is 0 Å². The highest BCUT2D eigenvalue weighted by atomic mass is 32.2. The van der Waals surface area contributed by atoms with Crippen LogP contribution in [0, 0.1) is 12.8 Å². The predicted octanol–water partition coefficient (Wildman–Crippen LogP) is 3.79. The van der Waals surface area contributed by atoms with Gasteiger partial charge in [-0.2, -0.15) is 17.5 Å². The molecule has 3 aliphatic rings. The van der Waals surface area contributed by atoms with Crippen molar-refractivity contribution in [2.24, 2.45) is 5.92 Å². The zero-order chi connectivity index (χ0) is 23.1. The van der Waals surface area contributed by atoms with E-state index in [9.17, 15) is 21.6 Å². The van der Waals surface area contributed by atoms with Gasteiger partial charge in [-0.15, -0.1) is 10.2 Å². The summed E-state index contributed by atoms with van der Waals surface area (Å²) in [5.74, 6) is 0.448. The number of allylic oxidation sites excluding steroid dienone is 7. The van der Waals surface area contributed by atoms with Crippen molar-refractivity contribution < 1.29 is 30.7 Å². The number of ether oxygens (including phenoxy) is 1. The van der Waals surface area contributed by atoms with E-state index in [4.69, 9.17) is 9.15 Å². The van der Waals surface area contributed by atoms with Gasteiger partial charge in [-0.1, -0.05) is 25.2 Å². The van der Waals surface area contributed by atoms with Gasteiger partial charge in [0.05, 0.1) is 29.2 Å². The third kappa shape index (κ3) is 4.33. The van der Waals surface area contributed by atoms with Crippen LogP contribution in [-0.4, -0.2) is 54.4 Å². The molecule has 4 atom stereocenters. The van der Waals surface area contributed by atoms with Crippen LogP contribution in [0.3, 0.4) is 0 Å². The Balaban J connectivity index is 1.70. The number of hydrogen-bond acceptors (Lipinski definition) is 6. The van der Waals surface area contributed by atoms with Crippen LogP contribution in [0.4, 0.5) is 13.2 Å². The van der Waals surface area contributed by atoms with Gasteiger partial charge in [-0.05, 0) is 37.0 Å². The van der Waals surface area contributed by atoms with E-state index in [1.54, 1.807) is 6.92 Å². The number of nitrogens with zero attached hydrogens (tertiary/aromatic N) is 3. The quantitative estimate of drug-likeness (QED) is 0.667. The number of fused-ring (bicyclic) bond motifs is 1. The summed E-state index contributed by atoms with van der Waals surface area (Å²) in [5.41, 5.74) is -1.03. The number of morpholine rings is 1. The zero-order valence-electron chi connectivity index (χ0n) is 17.6. The molecular weight excluding hydrogens is 447 g/mol. The van der Waals surface area contributed by atoms with E-state index < -0.39 is 32.7 Å². The van der Waals surface area contributed by atoms with E-state index in [1.165, 1.54) is 28.6 Å². The first-order chi connectivity index (χ1) is 15.1. The van der Waals surface area contributed by atoms with E-state index in [1.807, 2.05) is 6.92 Å². The number of aryl methyl sites for hydroxylation is 1. The van der Waals surface area contributed by atoms with Gasteiger partial charge in [0.2, 0.25) is 21.8 Å². The average Bonchev–Trinajstić information content (AvgIpc) is 3.12. The highest BCUT2D eigenvalue weighted by Crippen LogP contribution is 2.43. The molecule has 1 saturated heterocycles. The minimum atomic E-state index is -4.68. The molecule has 174 valence electrons. The summed E-state index contributed by atoms with van der Waals surface area (Å²) in [6, 6.07) is -0.562. The van der Waals surface area contributed by atoms with Crippen molar-refractivity contribution in [2.45, 2.75) is 50.9 Å². The molecule has 2 fully saturated rings. The van der Waals surface area contributed by atoms with Crippen LogP contribution in [-0.2, 0) is 14.8 Å². The topological polar surface area (TPSA) is 85.5 Å². The fourth-order valence-corrected chi connectivity index (χ4v) is 6.37. The molecule has 7 nitrogen and oxygen atoms in total. The molecular formula is C21H24F3N3O4S. The second kappa shape index (κ2) is 8.60. The molecule has 1 aromatic heterocycles. The number of alkyl halides is 3. The van der Waals surface area contributed by atoms with Crippen LogP contribution >= 0.6 is 0 Å². The van der Waals surface area contributed by atoms with Gasteiger partial charge in [0, 0.05) is 19.4 Å². The van der Waals surface area contributed by atoms with Crippen molar-refractivity contribution in [2.75, 3.05) is 13.2 Å². The minimum absolute atomic E-state index is 0.0511. The third-order valence-electron chi connectivity index (χ3n) is 6.14. The lowest BCUT2D eigenvalue weighted by molar-refractivity contribution is -0.0883. The van der Waals surface area contributed by atoms with Gasteiger partial charge in [-0.3, -0.25) is 0 Å². The van der Waals surface area contributed by atoms with E-state index in [0.29, 0.717) is 30.7 Å². The molecule has 0 amide bonds. The molecule has 4 rings (SSSR count). The highest BCUT2D eigenvalue weighted by Gasteiger charge is 2.49. The Kier molecular flexibility index (Phi) is 6.17. The Morgan fingerprint density at radius 1 is 1.16 bits per heavy atom. The fourth-order valence-electron chi connectivity index (χ4n) is 4.61. The molecule has 1 aromatic rings. The number of hydrogen-bond donors (Lipinski definition) is 0. The molecule has 11 heteroatoms. The summed E-state index contributed by atoms with van der Waals surface area (Å²) in [6.45, 7) is 3.80. The van der Waals surface area contributed by atoms with Gasteiger partial charge in [-0.25, -0.2) is 8.42 Å². The molecule has 2 aliphatic carbocycles. The van der Waals surface area contributed by atoms with E-state index in [2.05, 4.69) is 10.2 Å². The molecule has 3 unspecified atom stereocenters. The molecule has 0 spiro atoms. The lowest BCUT2D eigenvalue weighted by Crippen LogP contribution is -2.59. The Labute approximate surface area is 184 Å². The Morgan fingerprint density at radius 2 is 1.94 bits per heavy atom. The van der Waals surface area contributed by atoms with E-state index >= 15 is 0 Å². The fraction of sp³-hybridized carbons (Fsp3) is 0.524. The normalized spacial score (nSPS) is 31.7. The first kappa shape index (κ1) is 22.9. The second-order valence-electron chi connectivity index (χ2n) is 8.13. The van der Waals surface area contributed by atoms with Crippen LogP contribution in [0.5, 0.6) is 0 Å². The summed E-state index contributed by atoms with van der Waals surface area (Å²) in [5, 5.41) is 7.98. The van der Waals surface area contributed by atoms with Crippen LogP contribution in [0.2, 0.25) is 0 Å². The SMILES string of the molecule is Cc1nnc(C2CCC3OCCN(S(=O)(=O)C4=C/C=C\C=C/C(C(F)(F)F)=C4)[C@@H]3C2C)o1. The molecule has 0 N–H and O–H groups in total. The summed E-state index contributed by atoms with van der Waals surface area (Å²) in [6.07, 6.45) is 2.99. The highest BCUT2D eigenvalue weighted by molar-refractivity contribution is 7.93. The maximum Gasteiger partial charge on any atom is 0.416 e. The summed E-state index contributed by atoms with van der Waals surface area (Å²) in [7, 11) is -4.24. The average molecular weight is 472 g/mol. The van der Waals surface area contributed by atoms with Crippen LogP contribution in [0.25, 0.3) is 0 Å². The second-order valence-corrected chi connectivity index (χ2v) is 10.0. The first-order valence-electron chi connectivity index (χ1n) is 10.4. The van der Waals surface area contributed by atoms with Gasteiger partial charge < -0.3 is 9.15 Å². The lowest BCUT2D eigenvalue weighted by atomic mass is 9.74. The van der Waals surface area contributed by atoms with E-state index in [-0.39, 0.29) is 31.1 Å². The smallest absolute Gasteiger partial charge is 0.416 e.